The summed E-state index contributed by atoms with van der Waals surface area (Å²) in [5.74, 6) is 0.176. The van der Waals surface area contributed by atoms with Crippen LogP contribution in [0.25, 0.3) is 11.0 Å². The molecule has 2 heterocycles. The van der Waals surface area contributed by atoms with E-state index in [-0.39, 0.29) is 28.7 Å². The third kappa shape index (κ3) is 3.30. The fourth-order valence-corrected chi connectivity index (χ4v) is 5.75. The minimum Gasteiger partial charge on any atom is -0.341 e. The van der Waals surface area contributed by atoms with Crippen LogP contribution in [0, 0.1) is 0 Å². The molecule has 1 aliphatic heterocycles. The Bertz CT molecular complexity index is 876. The van der Waals surface area contributed by atoms with Crippen LogP contribution in [-0.4, -0.2) is 58.6 Å². The van der Waals surface area contributed by atoms with Gasteiger partial charge in [0.25, 0.3) is 0 Å². The van der Waals surface area contributed by atoms with E-state index in [2.05, 4.69) is 4.98 Å². The molecule has 0 unspecified atom stereocenters. The lowest BCUT2D eigenvalue weighted by atomic mass is 10.2. The van der Waals surface area contributed by atoms with Crippen molar-refractivity contribution in [1.29, 1.82) is 0 Å². The zero-order chi connectivity index (χ0) is 17.5. The molecule has 0 bridgehead atoms. The highest BCUT2D eigenvalue weighted by molar-refractivity contribution is 8.00. The standard InChI is InChI=1S/C16H21N3O3S2/c1-11(15(20)18(2)12-8-9-24(21,22)10-12)23-16-17-13-6-4-5-7-14(13)19(16)3/h4-7,11-12H,8-10H2,1-3H3/t11-,12+/m1/s1. The highest BCUT2D eigenvalue weighted by atomic mass is 32.2. The number of hydrogen-bond acceptors (Lipinski definition) is 5. The number of thioether (sulfide) groups is 1. The zero-order valence-corrected chi connectivity index (χ0v) is 15.6. The zero-order valence-electron chi connectivity index (χ0n) is 14.0. The van der Waals surface area contributed by atoms with E-state index in [0.29, 0.717) is 6.42 Å². The van der Waals surface area contributed by atoms with E-state index in [1.807, 2.05) is 42.8 Å². The van der Waals surface area contributed by atoms with Crippen molar-refractivity contribution >= 4 is 38.5 Å². The van der Waals surface area contributed by atoms with Gasteiger partial charge in [0.15, 0.2) is 15.0 Å². The summed E-state index contributed by atoms with van der Waals surface area (Å²) < 4.78 is 25.2. The van der Waals surface area contributed by atoms with Crippen LogP contribution < -0.4 is 0 Å². The molecule has 24 heavy (non-hydrogen) atoms. The van der Waals surface area contributed by atoms with Crippen molar-refractivity contribution in [2.45, 2.75) is 29.8 Å². The van der Waals surface area contributed by atoms with Crippen LogP contribution in [0.5, 0.6) is 0 Å². The molecule has 130 valence electrons. The number of aromatic nitrogens is 2. The van der Waals surface area contributed by atoms with Gasteiger partial charge in [-0.15, -0.1) is 0 Å². The minimum absolute atomic E-state index is 0.0610. The van der Waals surface area contributed by atoms with Crippen molar-refractivity contribution < 1.29 is 13.2 Å². The third-order valence-electron chi connectivity index (χ3n) is 4.48. The summed E-state index contributed by atoms with van der Waals surface area (Å²) in [4.78, 5) is 18.8. The SMILES string of the molecule is C[C@@H](Sc1nc2ccccc2n1C)C(=O)N(C)[C@H]1CCS(=O)(=O)C1. The molecule has 6 nitrogen and oxygen atoms in total. The Hall–Kier alpha value is -1.54. The minimum atomic E-state index is -3.00. The van der Waals surface area contributed by atoms with Gasteiger partial charge < -0.3 is 9.47 Å². The molecule has 2 atom stereocenters. The van der Waals surface area contributed by atoms with Crippen molar-refractivity contribution in [2.24, 2.45) is 7.05 Å². The van der Waals surface area contributed by atoms with Crippen LogP contribution in [0.3, 0.4) is 0 Å². The van der Waals surface area contributed by atoms with Gasteiger partial charge in [-0.05, 0) is 25.5 Å². The second kappa shape index (κ2) is 6.40. The highest BCUT2D eigenvalue weighted by Gasteiger charge is 2.34. The van der Waals surface area contributed by atoms with Gasteiger partial charge in [0.2, 0.25) is 5.91 Å². The Morgan fingerprint density at radius 2 is 2.12 bits per heavy atom. The number of fused-ring (bicyclic) bond motifs is 1. The number of amides is 1. The summed E-state index contributed by atoms with van der Waals surface area (Å²) in [6.45, 7) is 1.84. The Balaban J connectivity index is 1.72. The number of carbonyl (C=O) groups excluding carboxylic acids is 1. The van der Waals surface area contributed by atoms with Crippen LogP contribution in [0.15, 0.2) is 29.4 Å². The molecular formula is C16H21N3O3S2. The first-order chi connectivity index (χ1) is 11.3. The molecule has 1 aromatic carbocycles. The molecule has 0 aliphatic carbocycles. The molecule has 1 amide bonds. The molecule has 0 spiro atoms. The van der Waals surface area contributed by atoms with Gasteiger partial charge >= 0.3 is 0 Å². The number of sulfone groups is 1. The second-order valence-electron chi connectivity index (χ2n) is 6.21. The summed E-state index contributed by atoms with van der Waals surface area (Å²) in [5, 5.41) is 0.457. The lowest BCUT2D eigenvalue weighted by molar-refractivity contribution is -0.130. The number of imidazole rings is 1. The molecule has 0 radical (unpaired) electrons. The van der Waals surface area contributed by atoms with Gasteiger partial charge in [0.05, 0.1) is 27.8 Å². The van der Waals surface area contributed by atoms with E-state index < -0.39 is 9.84 Å². The van der Waals surface area contributed by atoms with E-state index in [9.17, 15) is 13.2 Å². The summed E-state index contributed by atoms with van der Waals surface area (Å²) in [6, 6.07) is 7.62. The molecule has 1 saturated heterocycles. The number of benzene rings is 1. The van der Waals surface area contributed by atoms with Crippen LogP contribution in [0.2, 0.25) is 0 Å². The van der Waals surface area contributed by atoms with E-state index in [1.54, 1.807) is 11.9 Å². The van der Waals surface area contributed by atoms with Crippen LogP contribution in [0.4, 0.5) is 0 Å². The molecule has 1 fully saturated rings. The maximum Gasteiger partial charge on any atom is 0.235 e. The number of hydrogen-bond donors (Lipinski definition) is 0. The van der Waals surface area contributed by atoms with Gasteiger partial charge in [-0.2, -0.15) is 0 Å². The topological polar surface area (TPSA) is 72.3 Å². The molecule has 1 aliphatic rings. The number of carbonyl (C=O) groups is 1. The molecular weight excluding hydrogens is 346 g/mol. The Morgan fingerprint density at radius 3 is 2.75 bits per heavy atom. The van der Waals surface area contributed by atoms with Crippen LogP contribution in [0.1, 0.15) is 13.3 Å². The van der Waals surface area contributed by atoms with E-state index in [4.69, 9.17) is 0 Å². The number of para-hydroxylation sites is 2. The van der Waals surface area contributed by atoms with Gasteiger partial charge in [0, 0.05) is 20.1 Å². The molecule has 8 heteroatoms. The average molecular weight is 367 g/mol. The van der Waals surface area contributed by atoms with E-state index >= 15 is 0 Å². The Kier molecular flexibility index (Phi) is 4.61. The van der Waals surface area contributed by atoms with Gasteiger partial charge in [-0.3, -0.25) is 4.79 Å². The van der Waals surface area contributed by atoms with E-state index in [0.717, 1.165) is 16.2 Å². The smallest absolute Gasteiger partial charge is 0.235 e. The van der Waals surface area contributed by atoms with Gasteiger partial charge in [-0.25, -0.2) is 13.4 Å². The van der Waals surface area contributed by atoms with Crippen molar-refractivity contribution in [3.8, 4) is 0 Å². The van der Waals surface area contributed by atoms with Crippen molar-refractivity contribution in [2.75, 3.05) is 18.6 Å². The van der Waals surface area contributed by atoms with Crippen LogP contribution >= 0.6 is 11.8 Å². The van der Waals surface area contributed by atoms with Gasteiger partial charge in [-0.1, -0.05) is 23.9 Å². The largest absolute Gasteiger partial charge is 0.341 e. The number of nitrogens with zero attached hydrogens (tertiary/aromatic N) is 3. The fraction of sp³-hybridized carbons (Fsp3) is 0.500. The predicted molar refractivity (Wildman–Crippen MR) is 95.9 cm³/mol. The van der Waals surface area contributed by atoms with Gasteiger partial charge in [0.1, 0.15) is 0 Å². The highest BCUT2D eigenvalue weighted by Crippen LogP contribution is 2.28. The summed E-state index contributed by atoms with van der Waals surface area (Å²) in [6.07, 6.45) is 0.522. The van der Waals surface area contributed by atoms with Crippen LogP contribution in [-0.2, 0) is 21.7 Å². The first kappa shape index (κ1) is 17.3. The lowest BCUT2D eigenvalue weighted by Gasteiger charge is -2.26. The first-order valence-corrected chi connectivity index (χ1v) is 10.5. The molecule has 3 rings (SSSR count). The van der Waals surface area contributed by atoms with E-state index in [1.165, 1.54) is 11.8 Å². The Labute approximate surface area is 146 Å². The second-order valence-corrected chi connectivity index (χ2v) is 9.74. The first-order valence-electron chi connectivity index (χ1n) is 7.84. The summed E-state index contributed by atoms with van der Waals surface area (Å²) >= 11 is 1.40. The average Bonchev–Trinajstić information content (AvgIpc) is 3.06. The van der Waals surface area contributed by atoms with Crippen molar-refractivity contribution in [3.05, 3.63) is 24.3 Å². The lowest BCUT2D eigenvalue weighted by Crippen LogP contribution is -2.41. The monoisotopic (exact) mass is 367 g/mol. The van der Waals surface area contributed by atoms with Crippen molar-refractivity contribution in [1.82, 2.24) is 14.5 Å². The molecule has 1 aromatic heterocycles. The fourth-order valence-electron chi connectivity index (χ4n) is 2.98. The molecule has 0 N–H and O–H groups in total. The maximum atomic E-state index is 12.6. The molecule has 0 saturated carbocycles. The van der Waals surface area contributed by atoms with Crippen molar-refractivity contribution in [3.63, 3.8) is 0 Å². The predicted octanol–water partition coefficient (Wildman–Crippen LogP) is 1.70. The normalized spacial score (nSPS) is 21.0. The Morgan fingerprint density at radius 1 is 1.42 bits per heavy atom. The quantitative estimate of drug-likeness (QED) is 0.769. The summed E-state index contributed by atoms with van der Waals surface area (Å²) in [5.41, 5.74) is 1.92. The third-order valence-corrected chi connectivity index (χ3v) is 7.36. The summed E-state index contributed by atoms with van der Waals surface area (Å²) in [7, 11) is 0.627. The maximum absolute atomic E-state index is 12.6. The number of rotatable bonds is 4. The molecule has 2 aromatic rings. The number of aryl methyl sites for hydroxylation is 1.